The van der Waals surface area contributed by atoms with E-state index in [1.54, 1.807) is 21.3 Å². The Morgan fingerprint density at radius 2 is 1.16 bits per heavy atom. The fraction of sp³-hybridized carbons (Fsp3) is 0.623. The Balaban J connectivity index is 0.000000182. The molecule has 7 aliphatic rings. The smallest absolute Gasteiger partial charge is 0.139 e. The van der Waals surface area contributed by atoms with Crippen molar-refractivity contribution in [1.29, 1.82) is 0 Å². The molecule has 6 aliphatic carbocycles. The number of fused-ring (bicyclic) bond motifs is 6. The second-order valence-electron chi connectivity index (χ2n) is 18.9. The van der Waals surface area contributed by atoms with Crippen molar-refractivity contribution in [3.63, 3.8) is 0 Å². The summed E-state index contributed by atoms with van der Waals surface area (Å²) < 4.78 is 24.6. The molecular weight excluding hydrogens is 1170 g/mol. The van der Waals surface area contributed by atoms with Crippen molar-refractivity contribution in [3.8, 4) is 17.2 Å². The first kappa shape index (κ1) is 58.6. The molecule has 0 radical (unpaired) electrons. The second-order valence-corrected chi connectivity index (χ2v) is 27.6. The van der Waals surface area contributed by atoms with E-state index in [9.17, 15) is 14.7 Å². The van der Waals surface area contributed by atoms with Crippen molar-refractivity contribution in [1.82, 2.24) is 0 Å². The van der Waals surface area contributed by atoms with E-state index in [0.29, 0.717) is 36.2 Å². The van der Waals surface area contributed by atoms with Gasteiger partial charge in [0, 0.05) is 58.7 Å². The van der Waals surface area contributed by atoms with Gasteiger partial charge < -0.3 is 24.1 Å². The van der Waals surface area contributed by atoms with Crippen LogP contribution in [0.2, 0.25) is 18.1 Å². The summed E-state index contributed by atoms with van der Waals surface area (Å²) in [5, 5.41) is 11.1. The molecule has 3 aromatic rings. The summed E-state index contributed by atoms with van der Waals surface area (Å²) in [6.45, 7) is 8.97. The van der Waals surface area contributed by atoms with Crippen LogP contribution in [0, 0.1) is 35.5 Å². The van der Waals surface area contributed by atoms with Crippen LogP contribution in [-0.2, 0) is 19.9 Å². The fourth-order valence-electron chi connectivity index (χ4n) is 11.0. The summed E-state index contributed by atoms with van der Waals surface area (Å²) in [6, 6.07) is 22.4. The van der Waals surface area contributed by atoms with Gasteiger partial charge in [-0.2, -0.15) is 0 Å². The molecule has 67 heavy (non-hydrogen) atoms. The molecule has 0 spiro atoms. The van der Waals surface area contributed by atoms with Gasteiger partial charge in [-0.3, -0.25) is 9.59 Å². The van der Waals surface area contributed by atoms with Gasteiger partial charge in [0.15, 0.2) is 0 Å². The van der Waals surface area contributed by atoms with Gasteiger partial charge in [-0.25, -0.2) is 0 Å². The van der Waals surface area contributed by atoms with E-state index in [1.165, 1.54) is 81.5 Å². The Kier molecular flexibility index (Phi) is 26.4. The number of rotatable bonds is 8. The Hall–Kier alpha value is -0.963. The van der Waals surface area contributed by atoms with Crippen LogP contribution < -0.4 is 14.2 Å². The average Bonchev–Trinajstić information content (AvgIpc) is 4.19. The zero-order chi connectivity index (χ0) is 49.1. The number of alkyl halides is 2. The first-order chi connectivity index (χ1) is 32.1. The Morgan fingerprint density at radius 3 is 1.55 bits per heavy atom. The molecule has 1 heterocycles. The molecule has 0 aromatic heterocycles. The number of hydrogen-bond donors (Lipinski definition) is 1. The number of hydrogen-bond acceptors (Lipinski definition) is 7. The van der Waals surface area contributed by atoms with E-state index >= 15 is 0 Å². The lowest BCUT2D eigenvalue weighted by molar-refractivity contribution is -0.132. The summed E-state index contributed by atoms with van der Waals surface area (Å²) >= 11 is 23.2. The van der Waals surface area contributed by atoms with Crippen molar-refractivity contribution in [3.05, 3.63) is 83.6 Å². The molecule has 10 rings (SSSR count). The van der Waals surface area contributed by atoms with Gasteiger partial charge in [-0.15, -0.1) is 23.2 Å². The summed E-state index contributed by atoms with van der Waals surface area (Å²) in [5.74, 6) is 7.39. The van der Waals surface area contributed by atoms with Gasteiger partial charge in [0.05, 0.1) is 38.2 Å². The maximum absolute atomic E-state index is 11.9. The minimum atomic E-state index is -1.00. The number of halogens is 6. The standard InChI is InChI=1S/C14H15BrO3.C14H17BrO.C7H6Br2O.C7H10O.C6H16Si.C4H8O.CH2Cl2/c1-18-11-5-9(4-10(15)6-11)14(17)7-8-2-12(14)13(16)3-8;1-16-13-7-11(6-12(15)8-13)14-5-9-2-3-10(14)4-9;1-10-7-3-5(8)2-6(9)4-7;8-7-4-5-1-2-6(7)3-5;1-4-7(5-2)6-3;1-2-4-5-3-1;2-1-3/h4-6,8,12,17H,2-3,7H2,1H3;6-10,14H,2-5H2,1H3;2-4H,1H3;5-6H,1-4H2;7H,4-6H2,1-3H3;1-4H2;1H2. The van der Waals surface area contributed by atoms with Crippen LogP contribution in [0.5, 0.6) is 17.2 Å². The zero-order valence-corrected chi connectivity index (χ0v) is 49.4. The molecular formula is C53H74Br4Cl2O7Si. The van der Waals surface area contributed by atoms with E-state index in [2.05, 4.69) is 96.6 Å². The van der Waals surface area contributed by atoms with Crippen molar-refractivity contribution in [2.75, 3.05) is 39.9 Å². The van der Waals surface area contributed by atoms with E-state index in [1.807, 2.05) is 42.5 Å². The summed E-state index contributed by atoms with van der Waals surface area (Å²) in [6.07, 6.45) is 15.1. The minimum Gasteiger partial charge on any atom is -0.497 e. The van der Waals surface area contributed by atoms with E-state index in [0.717, 1.165) is 84.7 Å². The van der Waals surface area contributed by atoms with Crippen LogP contribution in [0.25, 0.3) is 0 Å². The van der Waals surface area contributed by atoms with E-state index in [4.69, 9.17) is 42.1 Å². The molecule has 8 unspecified atom stereocenters. The number of benzene rings is 3. The highest BCUT2D eigenvalue weighted by Gasteiger charge is 2.55. The minimum absolute atomic E-state index is 0.171. The Labute approximate surface area is 447 Å². The third-order valence-corrected chi connectivity index (χ3v) is 19.9. The first-order valence-corrected chi connectivity index (χ1v) is 31.0. The zero-order valence-electron chi connectivity index (χ0n) is 40.4. The number of carbonyl (C=O) groups excluding carboxylic acids is 2. The van der Waals surface area contributed by atoms with Gasteiger partial charge in [0.1, 0.15) is 28.8 Å². The molecule has 1 aliphatic heterocycles. The fourth-order valence-corrected chi connectivity index (χ4v) is 15.0. The maximum atomic E-state index is 11.9. The van der Waals surface area contributed by atoms with Crippen molar-refractivity contribution in [2.45, 2.75) is 134 Å². The van der Waals surface area contributed by atoms with Gasteiger partial charge in [-0.1, -0.05) is 109 Å². The SMILES string of the molecule is C1CCOC1.CC[SiH](CC)CC.COc1cc(Br)cc(Br)c1.COc1cc(Br)cc(C2(O)CC3CC(=O)C2C3)c1.COc1cc(Br)cc(C2CC3CCC2C3)c1.ClCCl.O=C1CC2CCC1C2. The summed E-state index contributed by atoms with van der Waals surface area (Å²) in [4.78, 5) is 22.7. The van der Waals surface area contributed by atoms with E-state index in [-0.39, 0.29) is 25.8 Å². The monoisotopic (exact) mass is 1240 g/mol. The molecule has 8 atom stereocenters. The van der Waals surface area contributed by atoms with Gasteiger partial charge in [-0.05, 0) is 160 Å². The number of aliphatic hydroxyl groups is 1. The second kappa shape index (κ2) is 30.2. The molecule has 6 saturated carbocycles. The van der Waals surface area contributed by atoms with Crippen molar-refractivity contribution < 1.29 is 33.6 Å². The third kappa shape index (κ3) is 18.2. The molecule has 1 saturated heterocycles. The number of methoxy groups -OCH3 is 3. The van der Waals surface area contributed by atoms with Crippen LogP contribution >= 0.6 is 86.9 Å². The van der Waals surface area contributed by atoms with Gasteiger partial charge >= 0.3 is 0 Å². The largest absolute Gasteiger partial charge is 0.497 e. The molecule has 7 nitrogen and oxygen atoms in total. The molecule has 1 N–H and O–H groups in total. The van der Waals surface area contributed by atoms with E-state index < -0.39 is 5.60 Å². The quantitative estimate of drug-likeness (QED) is 0.177. The van der Waals surface area contributed by atoms with Gasteiger partial charge in [0.25, 0.3) is 0 Å². The lowest BCUT2D eigenvalue weighted by Gasteiger charge is -2.32. The van der Waals surface area contributed by atoms with Crippen LogP contribution in [0.1, 0.15) is 121 Å². The van der Waals surface area contributed by atoms with Gasteiger partial charge in [0.2, 0.25) is 0 Å². The average molecular weight is 1240 g/mol. The molecule has 6 bridgehead atoms. The topological polar surface area (TPSA) is 91.3 Å². The van der Waals surface area contributed by atoms with Crippen LogP contribution in [0.15, 0.2) is 72.5 Å². The first-order valence-electron chi connectivity index (χ1n) is 24.3. The predicted octanol–water partition coefficient (Wildman–Crippen LogP) is 16.1. The van der Waals surface area contributed by atoms with Crippen LogP contribution in [0.4, 0.5) is 0 Å². The third-order valence-electron chi connectivity index (χ3n) is 14.6. The summed E-state index contributed by atoms with van der Waals surface area (Å²) in [7, 11) is 4.82. The Morgan fingerprint density at radius 1 is 0.642 bits per heavy atom. The van der Waals surface area contributed by atoms with Crippen LogP contribution in [0.3, 0.4) is 0 Å². The van der Waals surface area contributed by atoms with Crippen LogP contribution in [-0.4, -0.2) is 65.4 Å². The van der Waals surface area contributed by atoms with Crippen molar-refractivity contribution in [2.24, 2.45) is 35.5 Å². The normalized spacial score (nSPS) is 26.6. The molecule has 3 aromatic carbocycles. The number of carbonyl (C=O) groups is 2. The number of ether oxygens (including phenoxy) is 4. The lowest BCUT2D eigenvalue weighted by atomic mass is 9.78. The highest BCUT2D eigenvalue weighted by Crippen LogP contribution is 2.55. The molecule has 0 amide bonds. The molecule has 14 heteroatoms. The highest BCUT2D eigenvalue weighted by molar-refractivity contribution is 9.11. The van der Waals surface area contributed by atoms with Crippen molar-refractivity contribution >= 4 is 107 Å². The Bertz CT molecular complexity index is 1950. The predicted molar refractivity (Wildman–Crippen MR) is 293 cm³/mol. The lowest BCUT2D eigenvalue weighted by Crippen LogP contribution is -2.37. The molecule has 7 fully saturated rings. The number of ketones is 2. The maximum Gasteiger partial charge on any atom is 0.139 e. The number of Topliss-reactive ketones (excluding diaryl/α,β-unsaturated/α-hetero) is 2. The highest BCUT2D eigenvalue weighted by atomic mass is 79.9. The summed E-state index contributed by atoms with van der Waals surface area (Å²) in [5.41, 5.74) is 1.25. The molecule has 374 valence electrons.